The van der Waals surface area contributed by atoms with Crippen molar-refractivity contribution in [1.82, 2.24) is 20.1 Å². The standard InChI is InChI=1S/C25H38N4O/c1-6-10-29-15-18(27-25(30)28(8-3)9-4)13-20-21-11-17(7-2)12-22-24(21)19(14-23(20)29)16(5)26-22/h11-12,18,20,23,26H,6-10,13-15H2,1-5H3,(H,27,30)/t18-,20+,23+/m0/s1. The molecule has 2 amide bonds. The first kappa shape index (κ1) is 21.2. The zero-order chi connectivity index (χ0) is 21.4. The zero-order valence-electron chi connectivity index (χ0n) is 19.3. The number of nitrogens with zero attached hydrogens (tertiary/aromatic N) is 2. The van der Waals surface area contributed by atoms with Gasteiger partial charge in [-0.3, -0.25) is 4.90 Å². The Morgan fingerprint density at radius 3 is 2.67 bits per heavy atom. The van der Waals surface area contributed by atoms with Gasteiger partial charge in [-0.1, -0.05) is 19.9 Å². The Hall–Kier alpha value is -2.01. The number of H-pyrrole nitrogens is 1. The first-order valence-corrected chi connectivity index (χ1v) is 11.9. The minimum Gasteiger partial charge on any atom is -0.358 e. The molecule has 1 fully saturated rings. The molecule has 1 aromatic heterocycles. The Balaban J connectivity index is 1.71. The minimum absolute atomic E-state index is 0.0846. The second-order valence-corrected chi connectivity index (χ2v) is 9.12. The van der Waals surface area contributed by atoms with Gasteiger partial charge in [0.05, 0.1) is 0 Å². The van der Waals surface area contributed by atoms with Crippen LogP contribution in [-0.4, -0.2) is 59.1 Å². The molecule has 5 nitrogen and oxygen atoms in total. The van der Waals surface area contributed by atoms with E-state index in [1.807, 2.05) is 18.7 Å². The van der Waals surface area contributed by atoms with Crippen LogP contribution < -0.4 is 5.32 Å². The number of aromatic amines is 1. The number of piperidine rings is 1. The maximum atomic E-state index is 12.8. The molecule has 0 radical (unpaired) electrons. The number of carbonyl (C=O) groups is 1. The molecule has 5 heteroatoms. The van der Waals surface area contributed by atoms with Gasteiger partial charge in [-0.2, -0.15) is 0 Å². The van der Waals surface area contributed by atoms with Crippen LogP contribution in [0.5, 0.6) is 0 Å². The Labute approximate surface area is 181 Å². The molecule has 0 bridgehead atoms. The van der Waals surface area contributed by atoms with Crippen molar-refractivity contribution in [2.45, 2.75) is 78.3 Å². The number of hydrogen-bond acceptors (Lipinski definition) is 2. The van der Waals surface area contributed by atoms with Gasteiger partial charge >= 0.3 is 6.03 Å². The van der Waals surface area contributed by atoms with Gasteiger partial charge in [-0.25, -0.2) is 4.79 Å². The third kappa shape index (κ3) is 3.62. The summed E-state index contributed by atoms with van der Waals surface area (Å²) in [6.45, 7) is 14.4. The predicted octanol–water partition coefficient (Wildman–Crippen LogP) is 4.58. The van der Waals surface area contributed by atoms with E-state index in [9.17, 15) is 4.79 Å². The van der Waals surface area contributed by atoms with E-state index in [-0.39, 0.29) is 12.1 Å². The minimum atomic E-state index is 0.0846. The van der Waals surface area contributed by atoms with E-state index >= 15 is 0 Å². The van der Waals surface area contributed by atoms with Gasteiger partial charge in [-0.05, 0) is 75.8 Å². The van der Waals surface area contributed by atoms with Gasteiger partial charge < -0.3 is 15.2 Å². The number of rotatable bonds is 6. The van der Waals surface area contributed by atoms with Crippen LogP contribution in [0.1, 0.15) is 68.8 Å². The van der Waals surface area contributed by atoms with Crippen molar-refractivity contribution in [2.24, 2.45) is 0 Å². The maximum absolute atomic E-state index is 12.8. The molecule has 2 aromatic rings. The number of aryl methyl sites for hydroxylation is 2. The Morgan fingerprint density at radius 2 is 2.00 bits per heavy atom. The van der Waals surface area contributed by atoms with E-state index < -0.39 is 0 Å². The lowest BCUT2D eigenvalue weighted by molar-refractivity contribution is 0.0978. The van der Waals surface area contributed by atoms with Gasteiger partial charge in [0, 0.05) is 54.2 Å². The van der Waals surface area contributed by atoms with Crippen LogP contribution >= 0.6 is 0 Å². The molecule has 1 saturated heterocycles. The number of likely N-dealkylation sites (tertiary alicyclic amines) is 1. The molecule has 4 rings (SSSR count). The fourth-order valence-electron chi connectivity index (χ4n) is 5.83. The number of benzene rings is 1. The highest BCUT2D eigenvalue weighted by Crippen LogP contribution is 2.45. The lowest BCUT2D eigenvalue weighted by Gasteiger charge is -2.47. The first-order valence-electron chi connectivity index (χ1n) is 11.9. The third-order valence-corrected chi connectivity index (χ3v) is 7.34. The van der Waals surface area contributed by atoms with Crippen LogP contribution in [0.15, 0.2) is 12.1 Å². The molecule has 1 aliphatic carbocycles. The van der Waals surface area contributed by atoms with Crippen LogP contribution in [0.25, 0.3) is 10.9 Å². The summed E-state index contributed by atoms with van der Waals surface area (Å²) in [6.07, 6.45) is 4.34. The molecular formula is C25H38N4O. The molecule has 2 N–H and O–H groups in total. The van der Waals surface area contributed by atoms with E-state index in [1.165, 1.54) is 33.3 Å². The van der Waals surface area contributed by atoms with Crippen LogP contribution in [0.4, 0.5) is 4.79 Å². The first-order chi connectivity index (χ1) is 14.5. The van der Waals surface area contributed by atoms with Gasteiger partial charge in [0.15, 0.2) is 0 Å². The van der Waals surface area contributed by atoms with Gasteiger partial charge in [0.25, 0.3) is 0 Å². The van der Waals surface area contributed by atoms with Crippen molar-refractivity contribution in [3.8, 4) is 0 Å². The molecule has 30 heavy (non-hydrogen) atoms. The molecule has 1 aromatic carbocycles. The fourth-order valence-corrected chi connectivity index (χ4v) is 5.83. The van der Waals surface area contributed by atoms with Gasteiger partial charge in [-0.15, -0.1) is 0 Å². The molecular weight excluding hydrogens is 372 g/mol. The summed E-state index contributed by atoms with van der Waals surface area (Å²) in [5, 5.41) is 4.83. The summed E-state index contributed by atoms with van der Waals surface area (Å²) < 4.78 is 0. The monoisotopic (exact) mass is 410 g/mol. The molecule has 164 valence electrons. The molecule has 1 aliphatic heterocycles. The summed E-state index contributed by atoms with van der Waals surface area (Å²) in [5.74, 6) is 0.476. The fraction of sp³-hybridized carbons (Fsp3) is 0.640. The molecule has 2 heterocycles. The van der Waals surface area contributed by atoms with Crippen molar-refractivity contribution in [1.29, 1.82) is 0 Å². The second kappa shape index (κ2) is 8.62. The summed E-state index contributed by atoms with van der Waals surface area (Å²) >= 11 is 0. The Kier molecular flexibility index (Phi) is 6.10. The molecule has 2 aliphatic rings. The quantitative estimate of drug-likeness (QED) is 0.732. The topological polar surface area (TPSA) is 51.4 Å². The van der Waals surface area contributed by atoms with E-state index in [4.69, 9.17) is 0 Å². The predicted molar refractivity (Wildman–Crippen MR) is 124 cm³/mol. The van der Waals surface area contributed by atoms with Crippen LogP contribution in [-0.2, 0) is 12.8 Å². The Morgan fingerprint density at radius 1 is 1.23 bits per heavy atom. The van der Waals surface area contributed by atoms with Crippen molar-refractivity contribution < 1.29 is 4.79 Å². The summed E-state index contributed by atoms with van der Waals surface area (Å²) in [5.41, 5.74) is 7.04. The number of aromatic nitrogens is 1. The van der Waals surface area contributed by atoms with Crippen LogP contribution in [0, 0.1) is 6.92 Å². The van der Waals surface area contributed by atoms with Crippen LogP contribution in [0.3, 0.4) is 0 Å². The maximum Gasteiger partial charge on any atom is 0.317 e. The largest absolute Gasteiger partial charge is 0.358 e. The van der Waals surface area contributed by atoms with E-state index in [0.29, 0.717) is 12.0 Å². The number of fused-ring (bicyclic) bond motifs is 2. The summed E-state index contributed by atoms with van der Waals surface area (Å²) in [7, 11) is 0. The molecule has 3 atom stereocenters. The number of carbonyl (C=O) groups excluding carboxylic acids is 1. The average Bonchev–Trinajstić information content (AvgIpc) is 3.05. The van der Waals surface area contributed by atoms with Crippen LogP contribution in [0.2, 0.25) is 0 Å². The number of urea groups is 1. The Bertz CT molecular complexity index is 913. The highest BCUT2D eigenvalue weighted by Gasteiger charge is 2.41. The number of hydrogen-bond donors (Lipinski definition) is 2. The SMILES string of the molecule is CCCN1C[C@@H](NC(=O)N(CC)CC)C[C@@H]2c3cc(CC)cc4[nH]c(C)c(c34)C[C@H]21. The van der Waals surface area contributed by atoms with E-state index in [1.54, 1.807) is 0 Å². The van der Waals surface area contributed by atoms with Crippen molar-refractivity contribution >= 4 is 16.9 Å². The third-order valence-electron chi connectivity index (χ3n) is 7.34. The summed E-state index contributed by atoms with van der Waals surface area (Å²) in [4.78, 5) is 21.0. The highest BCUT2D eigenvalue weighted by atomic mass is 16.2. The van der Waals surface area contributed by atoms with Gasteiger partial charge in [0.2, 0.25) is 0 Å². The van der Waals surface area contributed by atoms with Crippen molar-refractivity contribution in [2.75, 3.05) is 26.2 Å². The number of nitrogens with one attached hydrogen (secondary N) is 2. The smallest absolute Gasteiger partial charge is 0.317 e. The number of amides is 2. The average molecular weight is 411 g/mol. The zero-order valence-corrected chi connectivity index (χ0v) is 19.3. The van der Waals surface area contributed by atoms with Crippen molar-refractivity contribution in [3.05, 3.63) is 34.5 Å². The van der Waals surface area contributed by atoms with Crippen molar-refractivity contribution in [3.63, 3.8) is 0 Å². The van der Waals surface area contributed by atoms with Gasteiger partial charge in [0.1, 0.15) is 0 Å². The highest BCUT2D eigenvalue weighted by molar-refractivity contribution is 5.90. The summed E-state index contributed by atoms with van der Waals surface area (Å²) in [6, 6.07) is 5.61. The molecule has 0 unspecified atom stereocenters. The lowest BCUT2D eigenvalue weighted by Crippen LogP contribution is -2.58. The lowest BCUT2D eigenvalue weighted by atomic mass is 9.73. The molecule has 0 spiro atoms. The van der Waals surface area contributed by atoms with E-state index in [2.05, 4.69) is 48.1 Å². The second-order valence-electron chi connectivity index (χ2n) is 9.12. The normalized spacial score (nSPS) is 23.4. The molecule has 0 saturated carbocycles. The van der Waals surface area contributed by atoms with E-state index in [0.717, 1.165) is 51.9 Å².